The minimum absolute atomic E-state index is 0. The minimum Gasteiger partial charge on any atom is -0.370 e. The highest BCUT2D eigenvalue weighted by Gasteiger charge is 2.20. The summed E-state index contributed by atoms with van der Waals surface area (Å²) in [6, 6.07) is 10.2. The topological polar surface area (TPSA) is 75.6 Å². The molecule has 0 saturated carbocycles. The number of aromatic nitrogens is 3. The molecule has 3 aromatic rings. The van der Waals surface area contributed by atoms with E-state index in [4.69, 9.17) is 5.73 Å². The molecule has 9 heteroatoms. The van der Waals surface area contributed by atoms with Crippen LogP contribution in [0.15, 0.2) is 46.9 Å². The van der Waals surface area contributed by atoms with Crippen LogP contribution in [0.3, 0.4) is 0 Å². The van der Waals surface area contributed by atoms with Gasteiger partial charge in [0.05, 0.1) is 17.9 Å². The second kappa shape index (κ2) is 9.57. The van der Waals surface area contributed by atoms with Gasteiger partial charge in [-0.05, 0) is 26.0 Å². The number of piperazine rings is 1. The van der Waals surface area contributed by atoms with E-state index in [9.17, 15) is 0 Å². The third kappa shape index (κ3) is 4.72. The fourth-order valence-corrected chi connectivity index (χ4v) is 4.18. The summed E-state index contributed by atoms with van der Waals surface area (Å²) in [5.41, 5.74) is 10.6. The van der Waals surface area contributed by atoms with Crippen LogP contribution in [-0.2, 0) is 6.54 Å². The van der Waals surface area contributed by atoms with Crippen molar-refractivity contribution in [2.75, 3.05) is 31.1 Å². The number of guanidine groups is 1. The summed E-state index contributed by atoms with van der Waals surface area (Å²) in [4.78, 5) is 13.5. The van der Waals surface area contributed by atoms with Crippen molar-refractivity contribution in [3.05, 3.63) is 58.9 Å². The van der Waals surface area contributed by atoms with E-state index in [0.717, 1.165) is 53.9 Å². The van der Waals surface area contributed by atoms with Gasteiger partial charge in [0.2, 0.25) is 0 Å². The van der Waals surface area contributed by atoms with E-state index in [1.165, 1.54) is 0 Å². The molecule has 1 aliphatic heterocycles. The van der Waals surface area contributed by atoms with Crippen LogP contribution in [0.25, 0.3) is 5.69 Å². The number of anilines is 1. The molecular weight excluding hydrogens is 497 g/mol. The number of nitrogens with two attached hydrogens (primary N) is 1. The number of rotatable bonds is 4. The lowest BCUT2D eigenvalue weighted by Crippen LogP contribution is -2.51. The van der Waals surface area contributed by atoms with E-state index in [2.05, 4.69) is 43.9 Å². The quantitative estimate of drug-likeness (QED) is 0.323. The van der Waals surface area contributed by atoms with Gasteiger partial charge in [0, 0.05) is 49.0 Å². The van der Waals surface area contributed by atoms with Crippen LogP contribution in [0.2, 0.25) is 0 Å². The number of hydrogen-bond donors (Lipinski definition) is 1. The molecule has 154 valence electrons. The fourth-order valence-electron chi connectivity index (χ4n) is 3.48. The van der Waals surface area contributed by atoms with Crippen molar-refractivity contribution in [2.45, 2.75) is 20.4 Å². The summed E-state index contributed by atoms with van der Waals surface area (Å²) >= 11 is 1.68. The number of halogens is 1. The molecule has 4 rings (SSSR count). The molecule has 0 bridgehead atoms. The van der Waals surface area contributed by atoms with Gasteiger partial charge in [-0.15, -0.1) is 35.3 Å². The Kier molecular flexibility index (Phi) is 7.12. The van der Waals surface area contributed by atoms with E-state index in [-0.39, 0.29) is 24.0 Å². The standard InChI is InChI=1S/C20H25N7S.HI/c1-15-18(16(2)27(24-15)17-6-4-3-5-7-17)14-23-19(21)25-9-11-26(12-10-25)20-22-8-13-28-20;/h3-8,13H,9-12,14H2,1-2H3,(H2,21,23);1H. The molecule has 0 radical (unpaired) electrons. The van der Waals surface area contributed by atoms with Crippen LogP contribution < -0.4 is 10.6 Å². The molecule has 2 N–H and O–H groups in total. The average Bonchev–Trinajstić information content (AvgIpc) is 3.36. The molecule has 1 aromatic carbocycles. The van der Waals surface area contributed by atoms with Gasteiger partial charge < -0.3 is 15.5 Å². The van der Waals surface area contributed by atoms with E-state index in [1.54, 1.807) is 11.3 Å². The molecule has 2 aromatic heterocycles. The number of aryl methyl sites for hydroxylation is 1. The molecule has 1 fully saturated rings. The van der Waals surface area contributed by atoms with Crippen molar-refractivity contribution in [2.24, 2.45) is 10.7 Å². The van der Waals surface area contributed by atoms with Crippen LogP contribution in [-0.4, -0.2) is 51.8 Å². The lowest BCUT2D eigenvalue weighted by Gasteiger charge is -2.35. The Hall–Kier alpha value is -2.14. The maximum absolute atomic E-state index is 6.30. The highest BCUT2D eigenvalue weighted by Crippen LogP contribution is 2.20. The Morgan fingerprint density at radius 3 is 2.52 bits per heavy atom. The molecule has 29 heavy (non-hydrogen) atoms. The number of aliphatic imine (C=N–C) groups is 1. The summed E-state index contributed by atoms with van der Waals surface area (Å²) in [5, 5.41) is 7.78. The van der Waals surface area contributed by atoms with Crippen molar-refractivity contribution >= 4 is 46.4 Å². The third-order valence-corrected chi connectivity index (χ3v) is 5.97. The lowest BCUT2D eigenvalue weighted by atomic mass is 10.2. The van der Waals surface area contributed by atoms with Gasteiger partial charge in [-0.3, -0.25) is 0 Å². The van der Waals surface area contributed by atoms with Gasteiger partial charge >= 0.3 is 0 Å². The Balaban J connectivity index is 0.00000240. The van der Waals surface area contributed by atoms with Crippen LogP contribution in [0, 0.1) is 13.8 Å². The monoisotopic (exact) mass is 523 g/mol. The summed E-state index contributed by atoms with van der Waals surface area (Å²) < 4.78 is 1.98. The second-order valence-corrected chi connectivity index (χ2v) is 7.73. The largest absolute Gasteiger partial charge is 0.370 e. The molecule has 1 saturated heterocycles. The fraction of sp³-hybridized carbons (Fsp3) is 0.350. The molecule has 0 amide bonds. The zero-order valence-electron chi connectivity index (χ0n) is 16.7. The molecule has 3 heterocycles. The van der Waals surface area contributed by atoms with Crippen molar-refractivity contribution in [3.8, 4) is 5.69 Å². The van der Waals surface area contributed by atoms with E-state index in [1.807, 2.05) is 41.4 Å². The molecule has 1 aliphatic rings. The molecule has 0 aliphatic carbocycles. The Morgan fingerprint density at radius 2 is 1.86 bits per heavy atom. The predicted octanol–water partition coefficient (Wildman–Crippen LogP) is 3.20. The number of para-hydroxylation sites is 1. The first kappa shape index (κ1) is 21.6. The zero-order valence-corrected chi connectivity index (χ0v) is 19.8. The highest BCUT2D eigenvalue weighted by atomic mass is 127. The first-order valence-electron chi connectivity index (χ1n) is 9.43. The lowest BCUT2D eigenvalue weighted by molar-refractivity contribution is 0.380. The Labute approximate surface area is 192 Å². The van der Waals surface area contributed by atoms with E-state index < -0.39 is 0 Å². The number of thiazole rings is 1. The van der Waals surface area contributed by atoms with Crippen molar-refractivity contribution in [3.63, 3.8) is 0 Å². The van der Waals surface area contributed by atoms with Gasteiger partial charge in [0.25, 0.3) is 0 Å². The zero-order chi connectivity index (χ0) is 19.5. The highest BCUT2D eigenvalue weighted by molar-refractivity contribution is 14.0. The summed E-state index contributed by atoms with van der Waals surface area (Å²) in [6.45, 7) is 8.19. The molecule has 0 unspecified atom stereocenters. The normalized spacial score (nSPS) is 14.8. The number of nitrogens with zero attached hydrogens (tertiary/aromatic N) is 6. The van der Waals surface area contributed by atoms with Gasteiger partial charge in [0.15, 0.2) is 11.1 Å². The minimum atomic E-state index is 0. The van der Waals surface area contributed by atoms with Gasteiger partial charge in [-0.25, -0.2) is 14.7 Å². The molecule has 0 atom stereocenters. The van der Waals surface area contributed by atoms with Crippen molar-refractivity contribution < 1.29 is 0 Å². The summed E-state index contributed by atoms with van der Waals surface area (Å²) in [5.74, 6) is 0.602. The predicted molar refractivity (Wildman–Crippen MR) is 130 cm³/mol. The molecule has 0 spiro atoms. The van der Waals surface area contributed by atoms with Gasteiger partial charge in [-0.1, -0.05) is 18.2 Å². The molecule has 7 nitrogen and oxygen atoms in total. The maximum Gasteiger partial charge on any atom is 0.191 e. The average molecular weight is 523 g/mol. The van der Waals surface area contributed by atoms with Crippen molar-refractivity contribution in [1.82, 2.24) is 19.7 Å². The SMILES string of the molecule is Cc1nn(-c2ccccc2)c(C)c1CN=C(N)N1CCN(c2nccs2)CC1.I. The Morgan fingerprint density at radius 1 is 1.14 bits per heavy atom. The molecular formula is C20H26IN7S. The number of hydrogen-bond acceptors (Lipinski definition) is 5. The van der Waals surface area contributed by atoms with Gasteiger partial charge in [0.1, 0.15) is 0 Å². The van der Waals surface area contributed by atoms with Crippen LogP contribution in [0.4, 0.5) is 5.13 Å². The second-order valence-electron chi connectivity index (χ2n) is 6.86. The number of benzene rings is 1. The smallest absolute Gasteiger partial charge is 0.191 e. The summed E-state index contributed by atoms with van der Waals surface area (Å²) in [6.07, 6.45) is 1.85. The maximum atomic E-state index is 6.30. The van der Waals surface area contributed by atoms with E-state index >= 15 is 0 Å². The first-order chi connectivity index (χ1) is 13.6. The third-order valence-electron chi connectivity index (χ3n) is 5.13. The van der Waals surface area contributed by atoms with Crippen LogP contribution >= 0.6 is 35.3 Å². The van der Waals surface area contributed by atoms with E-state index in [0.29, 0.717) is 12.5 Å². The first-order valence-corrected chi connectivity index (χ1v) is 10.3. The van der Waals surface area contributed by atoms with Crippen LogP contribution in [0.5, 0.6) is 0 Å². The van der Waals surface area contributed by atoms with Gasteiger partial charge in [-0.2, -0.15) is 5.10 Å². The summed E-state index contributed by atoms with van der Waals surface area (Å²) in [7, 11) is 0. The van der Waals surface area contributed by atoms with Crippen LogP contribution in [0.1, 0.15) is 17.0 Å². The van der Waals surface area contributed by atoms with Crippen molar-refractivity contribution in [1.29, 1.82) is 0 Å². The Bertz CT molecular complexity index is 945.